The normalized spacial score (nSPS) is 16.4. The van der Waals surface area contributed by atoms with Crippen LogP contribution in [0.5, 0.6) is 0 Å². The summed E-state index contributed by atoms with van der Waals surface area (Å²) in [6.45, 7) is -0.164. The zero-order valence-corrected chi connectivity index (χ0v) is 15.5. The highest BCUT2D eigenvalue weighted by atomic mass is 32.2. The van der Waals surface area contributed by atoms with Crippen molar-refractivity contribution in [1.82, 2.24) is 19.0 Å². The zero-order valence-electron chi connectivity index (χ0n) is 14.6. The van der Waals surface area contributed by atoms with Crippen LogP contribution in [0.4, 0.5) is 17.6 Å². The molecule has 152 valence electrons. The second kappa shape index (κ2) is 7.17. The predicted molar refractivity (Wildman–Crippen MR) is 90.8 cm³/mol. The van der Waals surface area contributed by atoms with Crippen LogP contribution < -0.4 is 0 Å². The first kappa shape index (κ1) is 20.3. The molecule has 1 saturated heterocycles. The van der Waals surface area contributed by atoms with Gasteiger partial charge < -0.3 is 4.90 Å². The van der Waals surface area contributed by atoms with E-state index in [4.69, 9.17) is 0 Å². The van der Waals surface area contributed by atoms with Crippen LogP contribution in [-0.4, -0.2) is 65.7 Å². The van der Waals surface area contributed by atoms with Crippen LogP contribution >= 0.6 is 0 Å². The van der Waals surface area contributed by atoms with Crippen molar-refractivity contribution >= 4 is 15.9 Å². The van der Waals surface area contributed by atoms with Gasteiger partial charge in [0.2, 0.25) is 10.0 Å². The number of amides is 1. The van der Waals surface area contributed by atoms with Crippen molar-refractivity contribution in [1.29, 1.82) is 0 Å². The van der Waals surface area contributed by atoms with Crippen LogP contribution in [0.3, 0.4) is 0 Å². The maximum absolute atomic E-state index is 14.0. The number of carbonyl (C=O) groups excluding carboxylic acids is 1. The highest BCUT2D eigenvalue weighted by Gasteiger charge is 2.42. The van der Waals surface area contributed by atoms with Crippen LogP contribution in [0.15, 0.2) is 30.5 Å². The van der Waals surface area contributed by atoms with E-state index in [-0.39, 0.29) is 26.2 Å². The summed E-state index contributed by atoms with van der Waals surface area (Å²) in [6.07, 6.45) is -3.19. The van der Waals surface area contributed by atoms with Crippen molar-refractivity contribution in [3.8, 4) is 5.69 Å². The Bertz CT molecular complexity index is 996. The summed E-state index contributed by atoms with van der Waals surface area (Å²) in [5.74, 6) is -1.86. The van der Waals surface area contributed by atoms with Gasteiger partial charge in [-0.25, -0.2) is 17.5 Å². The van der Waals surface area contributed by atoms with E-state index in [1.54, 1.807) is 0 Å². The van der Waals surface area contributed by atoms with E-state index in [0.717, 1.165) is 33.8 Å². The maximum atomic E-state index is 14.0. The number of piperazine rings is 1. The fourth-order valence-corrected chi connectivity index (χ4v) is 3.80. The van der Waals surface area contributed by atoms with E-state index in [1.165, 1.54) is 12.1 Å². The van der Waals surface area contributed by atoms with Gasteiger partial charge in [-0.15, -0.1) is 0 Å². The largest absolute Gasteiger partial charge is 0.434 e. The molecule has 0 radical (unpaired) electrons. The van der Waals surface area contributed by atoms with Gasteiger partial charge in [0.15, 0.2) is 5.69 Å². The first-order valence-corrected chi connectivity index (χ1v) is 9.99. The molecule has 0 aliphatic carbocycles. The predicted octanol–water partition coefficient (Wildman–Crippen LogP) is 1.75. The second-order valence-electron chi connectivity index (χ2n) is 6.22. The molecule has 0 bridgehead atoms. The standard InChI is InChI=1S/C16H16F4N4O3S/c1-28(26,27)23-8-6-22(7-9-23)15(25)11-10-21-24(14(11)16(18,19)20)13-5-3-2-4-12(13)17/h2-5,10H,6-9H2,1H3. The van der Waals surface area contributed by atoms with Crippen LogP contribution in [0.1, 0.15) is 16.1 Å². The Balaban J connectivity index is 1.95. The zero-order chi connectivity index (χ0) is 20.7. The average Bonchev–Trinajstić information content (AvgIpc) is 3.06. The summed E-state index contributed by atoms with van der Waals surface area (Å²) >= 11 is 0. The molecule has 1 aliphatic rings. The van der Waals surface area contributed by atoms with E-state index >= 15 is 0 Å². The molecule has 1 fully saturated rings. The lowest BCUT2D eigenvalue weighted by Crippen LogP contribution is -2.50. The Morgan fingerprint density at radius 3 is 2.25 bits per heavy atom. The summed E-state index contributed by atoms with van der Waals surface area (Å²) in [6, 6.07) is 4.79. The fraction of sp³-hybridized carbons (Fsp3) is 0.375. The van der Waals surface area contributed by atoms with Gasteiger partial charge in [-0.1, -0.05) is 12.1 Å². The Morgan fingerprint density at radius 2 is 1.71 bits per heavy atom. The Kier molecular flexibility index (Phi) is 5.19. The average molecular weight is 420 g/mol. The van der Waals surface area contributed by atoms with Gasteiger partial charge in [-0.05, 0) is 12.1 Å². The van der Waals surface area contributed by atoms with E-state index in [9.17, 15) is 30.8 Å². The van der Waals surface area contributed by atoms with E-state index in [2.05, 4.69) is 5.10 Å². The third-order valence-electron chi connectivity index (χ3n) is 4.34. The minimum atomic E-state index is -4.96. The molecule has 3 rings (SSSR count). The second-order valence-corrected chi connectivity index (χ2v) is 8.20. The fourth-order valence-electron chi connectivity index (χ4n) is 2.98. The molecular formula is C16H16F4N4O3S. The number of halogens is 4. The number of aromatic nitrogens is 2. The van der Waals surface area contributed by atoms with Gasteiger partial charge in [0.1, 0.15) is 11.5 Å². The van der Waals surface area contributed by atoms with Crippen molar-refractivity contribution in [3.05, 3.63) is 47.5 Å². The van der Waals surface area contributed by atoms with Crippen molar-refractivity contribution < 1.29 is 30.8 Å². The molecular weight excluding hydrogens is 404 g/mol. The third kappa shape index (κ3) is 3.87. The third-order valence-corrected chi connectivity index (χ3v) is 5.65. The van der Waals surface area contributed by atoms with Crippen molar-refractivity contribution in [2.45, 2.75) is 6.18 Å². The lowest BCUT2D eigenvalue weighted by molar-refractivity contribution is -0.143. The summed E-state index contributed by atoms with van der Waals surface area (Å²) in [5.41, 5.74) is -2.53. The summed E-state index contributed by atoms with van der Waals surface area (Å²) in [7, 11) is -3.45. The molecule has 1 aromatic heterocycles. The SMILES string of the molecule is CS(=O)(=O)N1CCN(C(=O)c2cnn(-c3ccccc3F)c2C(F)(F)F)CC1. The highest BCUT2D eigenvalue weighted by molar-refractivity contribution is 7.88. The van der Waals surface area contributed by atoms with Gasteiger partial charge in [-0.3, -0.25) is 4.79 Å². The van der Waals surface area contributed by atoms with Crippen LogP contribution in [0.2, 0.25) is 0 Å². The Labute approximate surface area is 158 Å². The molecule has 1 aliphatic heterocycles. The van der Waals surface area contributed by atoms with Crippen LogP contribution in [0, 0.1) is 5.82 Å². The van der Waals surface area contributed by atoms with Crippen LogP contribution in [0.25, 0.3) is 5.69 Å². The number of hydrogen-bond donors (Lipinski definition) is 0. The molecule has 2 heterocycles. The molecule has 0 unspecified atom stereocenters. The maximum Gasteiger partial charge on any atom is 0.434 e. The number of sulfonamides is 1. The van der Waals surface area contributed by atoms with Gasteiger partial charge >= 0.3 is 6.18 Å². The van der Waals surface area contributed by atoms with Gasteiger partial charge in [0, 0.05) is 26.2 Å². The minimum absolute atomic E-state index is 0.0205. The summed E-state index contributed by atoms with van der Waals surface area (Å²) in [5, 5.41) is 3.59. The number of benzene rings is 1. The van der Waals surface area contributed by atoms with E-state index in [0.29, 0.717) is 4.68 Å². The van der Waals surface area contributed by atoms with Gasteiger partial charge in [0.25, 0.3) is 5.91 Å². The summed E-state index contributed by atoms with van der Waals surface area (Å²) < 4.78 is 79.5. The molecule has 0 N–H and O–H groups in total. The van der Waals surface area contributed by atoms with Crippen molar-refractivity contribution in [2.75, 3.05) is 32.4 Å². The molecule has 0 atom stereocenters. The van der Waals surface area contributed by atoms with Crippen molar-refractivity contribution in [3.63, 3.8) is 0 Å². The Morgan fingerprint density at radius 1 is 1.11 bits per heavy atom. The highest BCUT2D eigenvalue weighted by Crippen LogP contribution is 2.34. The molecule has 0 saturated carbocycles. The van der Waals surface area contributed by atoms with E-state index in [1.807, 2.05) is 0 Å². The number of hydrogen-bond acceptors (Lipinski definition) is 4. The molecule has 0 spiro atoms. The number of para-hydroxylation sites is 1. The first-order valence-electron chi connectivity index (χ1n) is 8.14. The quantitative estimate of drug-likeness (QED) is 0.709. The first-order chi connectivity index (χ1) is 13.0. The lowest BCUT2D eigenvalue weighted by atomic mass is 10.2. The van der Waals surface area contributed by atoms with Gasteiger partial charge in [0.05, 0.1) is 18.0 Å². The minimum Gasteiger partial charge on any atom is -0.336 e. The number of alkyl halides is 3. The molecule has 28 heavy (non-hydrogen) atoms. The number of carbonyl (C=O) groups is 1. The Hall–Kier alpha value is -2.47. The number of rotatable bonds is 3. The van der Waals surface area contributed by atoms with Crippen LogP contribution in [-0.2, 0) is 16.2 Å². The van der Waals surface area contributed by atoms with Gasteiger partial charge in [-0.2, -0.15) is 22.6 Å². The molecule has 1 aromatic carbocycles. The summed E-state index contributed by atoms with van der Waals surface area (Å²) in [4.78, 5) is 13.8. The van der Waals surface area contributed by atoms with Crippen molar-refractivity contribution in [2.24, 2.45) is 0 Å². The number of nitrogens with zero attached hydrogens (tertiary/aromatic N) is 4. The lowest BCUT2D eigenvalue weighted by Gasteiger charge is -2.33. The monoisotopic (exact) mass is 420 g/mol. The molecule has 7 nitrogen and oxygen atoms in total. The molecule has 1 amide bonds. The van der Waals surface area contributed by atoms with E-state index < -0.39 is 44.9 Å². The molecule has 12 heteroatoms. The smallest absolute Gasteiger partial charge is 0.336 e. The topological polar surface area (TPSA) is 75.5 Å². The molecule has 2 aromatic rings.